The number of nitrogens with zero attached hydrogens (tertiary/aromatic N) is 3. The van der Waals surface area contributed by atoms with Crippen molar-refractivity contribution in [2.24, 2.45) is 0 Å². The zero-order chi connectivity index (χ0) is 16.7. The van der Waals surface area contributed by atoms with Crippen LogP contribution in [0.15, 0.2) is 0 Å². The van der Waals surface area contributed by atoms with E-state index in [2.05, 4.69) is 16.5 Å². The number of carbonyl (C=O) groups is 1. The first-order valence-corrected chi connectivity index (χ1v) is 6.92. The Bertz CT molecular complexity index is 638. The molecule has 1 aromatic rings. The van der Waals surface area contributed by atoms with Crippen molar-refractivity contribution in [1.82, 2.24) is 15.1 Å². The van der Waals surface area contributed by atoms with Gasteiger partial charge in [0.25, 0.3) is 0 Å². The number of aromatic nitrogens is 2. The Morgan fingerprint density at radius 1 is 1.50 bits per heavy atom. The standard InChI is InChI=1S/C14H17F3N4O/c1-8(12(22)19-13(6-18)4-5-13)11-9(2)20-21(10(11)3)7-14(15,16)17/h8H,4-5,7H2,1-3H3,(H,19,22). The molecule has 0 saturated heterocycles. The lowest BCUT2D eigenvalue weighted by Crippen LogP contribution is -2.38. The molecule has 0 aliphatic heterocycles. The SMILES string of the molecule is Cc1nn(CC(F)(F)F)c(C)c1C(C)C(=O)NC1(C#N)CC1. The van der Waals surface area contributed by atoms with E-state index in [-0.39, 0.29) is 5.91 Å². The number of alkyl halides is 3. The first-order valence-electron chi connectivity index (χ1n) is 6.92. The largest absolute Gasteiger partial charge is 0.408 e. The fourth-order valence-corrected chi connectivity index (χ4v) is 2.53. The Balaban J connectivity index is 2.21. The molecule has 1 aromatic heterocycles. The van der Waals surface area contributed by atoms with Crippen molar-refractivity contribution < 1.29 is 18.0 Å². The van der Waals surface area contributed by atoms with Crippen LogP contribution in [0.1, 0.15) is 42.6 Å². The minimum atomic E-state index is -4.37. The van der Waals surface area contributed by atoms with Gasteiger partial charge in [0.1, 0.15) is 12.1 Å². The lowest BCUT2D eigenvalue weighted by atomic mass is 9.98. The van der Waals surface area contributed by atoms with Gasteiger partial charge in [0.05, 0.1) is 17.7 Å². The van der Waals surface area contributed by atoms with Crippen molar-refractivity contribution in [3.05, 3.63) is 17.0 Å². The molecule has 1 unspecified atom stereocenters. The zero-order valence-electron chi connectivity index (χ0n) is 12.6. The summed E-state index contributed by atoms with van der Waals surface area (Å²) in [5.74, 6) is -1.02. The van der Waals surface area contributed by atoms with Gasteiger partial charge in [-0.3, -0.25) is 9.48 Å². The number of nitrogens with one attached hydrogen (secondary N) is 1. The van der Waals surface area contributed by atoms with Crippen LogP contribution >= 0.6 is 0 Å². The van der Waals surface area contributed by atoms with Crippen molar-refractivity contribution in [2.45, 2.75) is 57.8 Å². The molecular formula is C14H17F3N4O. The van der Waals surface area contributed by atoms with Gasteiger partial charge in [-0.15, -0.1) is 0 Å². The van der Waals surface area contributed by atoms with Gasteiger partial charge in [0, 0.05) is 11.3 Å². The summed E-state index contributed by atoms with van der Waals surface area (Å²) in [6.45, 7) is 3.52. The van der Waals surface area contributed by atoms with E-state index >= 15 is 0 Å². The molecule has 1 aliphatic carbocycles. The van der Waals surface area contributed by atoms with Crippen LogP contribution in [-0.4, -0.2) is 27.4 Å². The van der Waals surface area contributed by atoms with Crippen LogP contribution in [0.4, 0.5) is 13.2 Å². The van der Waals surface area contributed by atoms with Gasteiger partial charge in [-0.25, -0.2) is 0 Å². The summed E-state index contributed by atoms with van der Waals surface area (Å²) in [7, 11) is 0. The van der Waals surface area contributed by atoms with E-state index in [9.17, 15) is 18.0 Å². The van der Waals surface area contributed by atoms with Crippen molar-refractivity contribution in [3.8, 4) is 6.07 Å². The van der Waals surface area contributed by atoms with E-state index in [0.29, 0.717) is 29.8 Å². The summed E-state index contributed by atoms with van der Waals surface area (Å²) in [6.07, 6.45) is -3.16. The molecule has 1 aliphatic rings. The molecule has 120 valence electrons. The molecule has 2 rings (SSSR count). The second-order valence-corrected chi connectivity index (χ2v) is 5.76. The van der Waals surface area contributed by atoms with Crippen LogP contribution in [-0.2, 0) is 11.3 Å². The minimum Gasteiger partial charge on any atom is -0.337 e. The summed E-state index contributed by atoms with van der Waals surface area (Å²) in [5, 5.41) is 15.5. The second kappa shape index (κ2) is 5.30. The molecule has 0 spiro atoms. The van der Waals surface area contributed by atoms with Gasteiger partial charge >= 0.3 is 6.18 Å². The number of aryl methyl sites for hydroxylation is 1. The molecule has 0 radical (unpaired) electrons. The first kappa shape index (κ1) is 16.3. The van der Waals surface area contributed by atoms with E-state index in [0.717, 1.165) is 4.68 Å². The predicted octanol–water partition coefficient (Wildman–Crippen LogP) is 2.34. The average molecular weight is 314 g/mol. The first-order chi connectivity index (χ1) is 10.1. The van der Waals surface area contributed by atoms with Gasteiger partial charge < -0.3 is 5.32 Å². The maximum Gasteiger partial charge on any atom is 0.408 e. The normalized spacial score (nSPS) is 17.7. The molecule has 8 heteroatoms. The maximum atomic E-state index is 12.5. The maximum absolute atomic E-state index is 12.5. The van der Waals surface area contributed by atoms with E-state index in [1.807, 2.05) is 0 Å². The third kappa shape index (κ3) is 3.24. The smallest absolute Gasteiger partial charge is 0.337 e. The van der Waals surface area contributed by atoms with Crippen LogP contribution in [0.5, 0.6) is 0 Å². The number of hydrogen-bond donors (Lipinski definition) is 1. The molecule has 1 amide bonds. The lowest BCUT2D eigenvalue weighted by molar-refractivity contribution is -0.143. The second-order valence-electron chi connectivity index (χ2n) is 5.76. The quantitative estimate of drug-likeness (QED) is 0.927. The third-order valence-electron chi connectivity index (χ3n) is 3.92. The van der Waals surface area contributed by atoms with Crippen LogP contribution < -0.4 is 5.32 Å². The predicted molar refractivity (Wildman–Crippen MR) is 71.9 cm³/mol. The number of halogens is 3. The van der Waals surface area contributed by atoms with Gasteiger partial charge in [0.15, 0.2) is 0 Å². The van der Waals surface area contributed by atoms with Crippen molar-refractivity contribution in [2.75, 3.05) is 0 Å². The lowest BCUT2D eigenvalue weighted by Gasteiger charge is -2.16. The molecule has 5 nitrogen and oxygen atoms in total. The zero-order valence-corrected chi connectivity index (χ0v) is 12.6. The molecule has 1 atom stereocenters. The number of carbonyl (C=O) groups excluding carboxylic acids is 1. The molecule has 0 bridgehead atoms. The van der Waals surface area contributed by atoms with Gasteiger partial charge in [-0.05, 0) is 33.6 Å². The Morgan fingerprint density at radius 2 is 2.09 bits per heavy atom. The van der Waals surface area contributed by atoms with E-state index in [4.69, 9.17) is 5.26 Å². The Hall–Kier alpha value is -2.04. The molecule has 1 fully saturated rings. The molecule has 1 N–H and O–H groups in total. The Morgan fingerprint density at radius 3 is 2.55 bits per heavy atom. The van der Waals surface area contributed by atoms with Crippen LogP contribution in [0.25, 0.3) is 0 Å². The summed E-state index contributed by atoms with van der Waals surface area (Å²) < 4.78 is 38.4. The van der Waals surface area contributed by atoms with Gasteiger partial charge in [-0.2, -0.15) is 23.5 Å². The highest BCUT2D eigenvalue weighted by molar-refractivity contribution is 5.85. The fourth-order valence-electron chi connectivity index (χ4n) is 2.53. The van der Waals surface area contributed by atoms with Crippen molar-refractivity contribution >= 4 is 5.91 Å². The van der Waals surface area contributed by atoms with Crippen molar-refractivity contribution in [3.63, 3.8) is 0 Å². The number of rotatable bonds is 4. The van der Waals surface area contributed by atoms with Crippen LogP contribution in [0.2, 0.25) is 0 Å². The molecule has 22 heavy (non-hydrogen) atoms. The summed E-state index contributed by atoms with van der Waals surface area (Å²) >= 11 is 0. The van der Waals surface area contributed by atoms with E-state index in [1.165, 1.54) is 6.92 Å². The van der Waals surface area contributed by atoms with Gasteiger partial charge in [-0.1, -0.05) is 0 Å². The minimum absolute atomic E-state index is 0.319. The highest BCUT2D eigenvalue weighted by Crippen LogP contribution is 2.35. The van der Waals surface area contributed by atoms with Gasteiger partial charge in [0.2, 0.25) is 5.91 Å². The highest BCUT2D eigenvalue weighted by Gasteiger charge is 2.45. The molecule has 1 heterocycles. The van der Waals surface area contributed by atoms with Crippen LogP contribution in [0, 0.1) is 25.2 Å². The summed E-state index contributed by atoms with van der Waals surface area (Å²) in [5.41, 5.74) is 0.399. The third-order valence-corrected chi connectivity index (χ3v) is 3.92. The summed E-state index contributed by atoms with van der Waals surface area (Å²) in [6, 6.07) is 2.05. The Kier molecular flexibility index (Phi) is 3.94. The van der Waals surface area contributed by atoms with E-state index in [1.54, 1.807) is 13.8 Å². The molecule has 1 saturated carbocycles. The topological polar surface area (TPSA) is 70.7 Å². The number of amides is 1. The summed E-state index contributed by atoms with van der Waals surface area (Å²) in [4.78, 5) is 12.2. The number of nitriles is 1. The molecular weight excluding hydrogens is 297 g/mol. The van der Waals surface area contributed by atoms with Crippen molar-refractivity contribution in [1.29, 1.82) is 5.26 Å². The molecule has 0 aromatic carbocycles. The Labute approximate surface area is 126 Å². The monoisotopic (exact) mass is 314 g/mol. The van der Waals surface area contributed by atoms with E-state index < -0.39 is 24.2 Å². The van der Waals surface area contributed by atoms with Crippen LogP contribution in [0.3, 0.4) is 0 Å². The highest BCUT2D eigenvalue weighted by atomic mass is 19.4. The fraction of sp³-hybridized carbons (Fsp3) is 0.643. The average Bonchev–Trinajstić information content (AvgIpc) is 3.10. The number of hydrogen-bond acceptors (Lipinski definition) is 3.